The maximum Gasteiger partial charge on any atom is 0.239 e. The van der Waals surface area contributed by atoms with Gasteiger partial charge < -0.3 is 15.1 Å². The predicted molar refractivity (Wildman–Crippen MR) is 73.5 cm³/mol. The molecule has 0 aromatic rings. The van der Waals surface area contributed by atoms with E-state index >= 15 is 0 Å². The van der Waals surface area contributed by atoms with Gasteiger partial charge in [0.05, 0.1) is 6.04 Å². The Kier molecular flexibility index (Phi) is 5.01. The summed E-state index contributed by atoms with van der Waals surface area (Å²) in [6.07, 6.45) is 3.59. The fourth-order valence-corrected chi connectivity index (χ4v) is 3.04. The fourth-order valence-electron chi connectivity index (χ4n) is 3.04. The van der Waals surface area contributed by atoms with E-state index in [2.05, 4.69) is 22.0 Å². The average Bonchev–Trinajstić information content (AvgIpc) is 2.55. The van der Waals surface area contributed by atoms with Crippen molar-refractivity contribution in [3.63, 3.8) is 0 Å². The molecule has 0 aliphatic carbocycles. The second-order valence-electron chi connectivity index (χ2n) is 5.69. The first-order valence-corrected chi connectivity index (χ1v) is 7.45. The third kappa shape index (κ3) is 3.45. The first kappa shape index (κ1) is 13.8. The Morgan fingerprint density at radius 2 is 2.00 bits per heavy atom. The Morgan fingerprint density at radius 3 is 2.67 bits per heavy atom. The summed E-state index contributed by atoms with van der Waals surface area (Å²) in [4.78, 5) is 16.8. The predicted octanol–water partition coefficient (Wildman–Crippen LogP) is 0.929. The molecular formula is C14H27N3O. The van der Waals surface area contributed by atoms with Gasteiger partial charge >= 0.3 is 0 Å². The van der Waals surface area contributed by atoms with Crippen molar-refractivity contribution in [1.29, 1.82) is 0 Å². The largest absolute Gasteiger partial charge is 0.341 e. The second kappa shape index (κ2) is 6.53. The van der Waals surface area contributed by atoms with Gasteiger partial charge in [0.2, 0.25) is 5.91 Å². The second-order valence-corrected chi connectivity index (χ2v) is 5.69. The lowest BCUT2D eigenvalue weighted by Gasteiger charge is -2.34. The summed E-state index contributed by atoms with van der Waals surface area (Å²) in [5.41, 5.74) is 0. The molecule has 1 unspecified atom stereocenters. The Bertz CT molecular complexity index is 274. The number of nitrogens with zero attached hydrogens (tertiary/aromatic N) is 2. The molecule has 1 N–H and O–H groups in total. The summed E-state index contributed by atoms with van der Waals surface area (Å²) in [6, 6.07) is 0.00299. The molecule has 4 nitrogen and oxygen atoms in total. The lowest BCUT2D eigenvalue weighted by Crippen LogP contribution is -2.45. The molecule has 0 spiro atoms. The monoisotopic (exact) mass is 253 g/mol. The van der Waals surface area contributed by atoms with Gasteiger partial charge in [-0.15, -0.1) is 0 Å². The summed E-state index contributed by atoms with van der Waals surface area (Å²) in [5.74, 6) is 1.01. The summed E-state index contributed by atoms with van der Waals surface area (Å²) in [5, 5.41) is 3.28. The number of piperidine rings is 1. The minimum Gasteiger partial charge on any atom is -0.341 e. The highest BCUT2D eigenvalue weighted by Crippen LogP contribution is 2.19. The van der Waals surface area contributed by atoms with Crippen molar-refractivity contribution in [2.45, 2.75) is 39.2 Å². The molecule has 2 fully saturated rings. The van der Waals surface area contributed by atoms with Crippen molar-refractivity contribution in [3.05, 3.63) is 0 Å². The van der Waals surface area contributed by atoms with Crippen LogP contribution >= 0.6 is 0 Å². The van der Waals surface area contributed by atoms with Gasteiger partial charge in [-0.3, -0.25) is 4.79 Å². The summed E-state index contributed by atoms with van der Waals surface area (Å²) in [7, 11) is 0. The summed E-state index contributed by atoms with van der Waals surface area (Å²) in [6.45, 7) is 10.7. The standard InChI is InChI=1S/C14H27N3O/c1-3-16-9-5-13(6-10-16)11-17-8-4-7-15-12(2)14(17)18/h12-13,15H,3-11H2,1-2H3. The third-order valence-corrected chi connectivity index (χ3v) is 4.37. The van der Waals surface area contributed by atoms with Crippen LogP contribution in [0.1, 0.15) is 33.1 Å². The van der Waals surface area contributed by atoms with Crippen molar-refractivity contribution >= 4 is 5.91 Å². The molecule has 0 bridgehead atoms. The van der Waals surface area contributed by atoms with E-state index in [0.29, 0.717) is 11.8 Å². The molecule has 18 heavy (non-hydrogen) atoms. The van der Waals surface area contributed by atoms with E-state index in [0.717, 1.165) is 32.6 Å². The van der Waals surface area contributed by atoms with E-state index in [1.165, 1.54) is 25.9 Å². The normalized spacial score (nSPS) is 28.4. The molecule has 0 aromatic carbocycles. The minimum absolute atomic E-state index is 0.00299. The van der Waals surface area contributed by atoms with Gasteiger partial charge in [0.15, 0.2) is 0 Å². The Morgan fingerprint density at radius 1 is 1.28 bits per heavy atom. The van der Waals surface area contributed by atoms with Crippen molar-refractivity contribution in [2.75, 3.05) is 39.3 Å². The molecule has 4 heteroatoms. The highest BCUT2D eigenvalue weighted by atomic mass is 16.2. The first-order chi connectivity index (χ1) is 8.70. The van der Waals surface area contributed by atoms with Crippen LogP contribution in [0.2, 0.25) is 0 Å². The van der Waals surface area contributed by atoms with E-state index in [9.17, 15) is 4.79 Å². The van der Waals surface area contributed by atoms with Crippen molar-refractivity contribution in [1.82, 2.24) is 15.1 Å². The number of rotatable bonds is 3. The van der Waals surface area contributed by atoms with E-state index in [1.54, 1.807) is 0 Å². The Hall–Kier alpha value is -0.610. The van der Waals surface area contributed by atoms with Crippen LogP contribution in [0.3, 0.4) is 0 Å². The molecule has 2 aliphatic heterocycles. The van der Waals surface area contributed by atoms with E-state index in [-0.39, 0.29) is 6.04 Å². The SMILES string of the molecule is CCN1CCC(CN2CCCNC(C)C2=O)CC1. The molecule has 0 saturated carbocycles. The lowest BCUT2D eigenvalue weighted by molar-refractivity contribution is -0.133. The molecule has 2 aliphatic rings. The topological polar surface area (TPSA) is 35.6 Å². The summed E-state index contributed by atoms with van der Waals surface area (Å²) < 4.78 is 0. The third-order valence-electron chi connectivity index (χ3n) is 4.37. The molecule has 1 amide bonds. The molecule has 0 radical (unpaired) electrons. The number of hydrogen-bond acceptors (Lipinski definition) is 3. The molecule has 1 atom stereocenters. The highest BCUT2D eigenvalue weighted by molar-refractivity contribution is 5.81. The molecular weight excluding hydrogens is 226 g/mol. The van der Waals surface area contributed by atoms with Crippen LogP contribution in [0.15, 0.2) is 0 Å². The fraction of sp³-hybridized carbons (Fsp3) is 0.929. The van der Waals surface area contributed by atoms with Gasteiger partial charge in [-0.1, -0.05) is 6.92 Å². The Balaban J connectivity index is 1.83. The zero-order valence-corrected chi connectivity index (χ0v) is 11.8. The number of carbonyl (C=O) groups excluding carboxylic acids is 1. The maximum absolute atomic E-state index is 12.2. The van der Waals surface area contributed by atoms with Gasteiger partial charge in [0.25, 0.3) is 0 Å². The lowest BCUT2D eigenvalue weighted by atomic mass is 9.96. The quantitative estimate of drug-likeness (QED) is 0.813. The molecule has 2 heterocycles. The van der Waals surface area contributed by atoms with Crippen LogP contribution < -0.4 is 5.32 Å². The summed E-state index contributed by atoms with van der Waals surface area (Å²) >= 11 is 0. The number of amides is 1. The number of nitrogens with one attached hydrogen (secondary N) is 1. The van der Waals surface area contributed by atoms with Gasteiger partial charge in [-0.2, -0.15) is 0 Å². The van der Waals surface area contributed by atoms with Gasteiger partial charge in [-0.05, 0) is 58.3 Å². The number of carbonyl (C=O) groups is 1. The van der Waals surface area contributed by atoms with Crippen molar-refractivity contribution in [3.8, 4) is 0 Å². The van der Waals surface area contributed by atoms with E-state index in [4.69, 9.17) is 0 Å². The van der Waals surface area contributed by atoms with Gasteiger partial charge in [0, 0.05) is 13.1 Å². The van der Waals surface area contributed by atoms with Crippen molar-refractivity contribution in [2.24, 2.45) is 5.92 Å². The molecule has 104 valence electrons. The first-order valence-electron chi connectivity index (χ1n) is 7.45. The molecule has 0 aromatic heterocycles. The zero-order chi connectivity index (χ0) is 13.0. The van der Waals surface area contributed by atoms with Gasteiger partial charge in [0.1, 0.15) is 0 Å². The molecule has 2 rings (SSSR count). The maximum atomic E-state index is 12.2. The van der Waals surface area contributed by atoms with E-state index in [1.807, 2.05) is 6.92 Å². The van der Waals surface area contributed by atoms with Crippen LogP contribution in [-0.2, 0) is 4.79 Å². The van der Waals surface area contributed by atoms with Crippen LogP contribution in [0.5, 0.6) is 0 Å². The zero-order valence-electron chi connectivity index (χ0n) is 11.8. The number of hydrogen-bond donors (Lipinski definition) is 1. The van der Waals surface area contributed by atoms with Crippen LogP contribution in [0.25, 0.3) is 0 Å². The Labute approximate surface area is 111 Å². The smallest absolute Gasteiger partial charge is 0.239 e. The van der Waals surface area contributed by atoms with E-state index < -0.39 is 0 Å². The molecule has 2 saturated heterocycles. The number of likely N-dealkylation sites (tertiary alicyclic amines) is 1. The minimum atomic E-state index is 0.00299. The van der Waals surface area contributed by atoms with Gasteiger partial charge in [-0.25, -0.2) is 0 Å². The van der Waals surface area contributed by atoms with Crippen LogP contribution in [-0.4, -0.2) is 61.0 Å². The van der Waals surface area contributed by atoms with Crippen LogP contribution in [0, 0.1) is 5.92 Å². The highest BCUT2D eigenvalue weighted by Gasteiger charge is 2.26. The average molecular weight is 253 g/mol. The van der Waals surface area contributed by atoms with Crippen molar-refractivity contribution < 1.29 is 4.79 Å². The van der Waals surface area contributed by atoms with Crippen LogP contribution in [0.4, 0.5) is 0 Å².